The molecule has 0 radical (unpaired) electrons. The predicted octanol–water partition coefficient (Wildman–Crippen LogP) is 4.99. The van der Waals surface area contributed by atoms with Crippen LogP contribution in [0.25, 0.3) is 0 Å². The maximum absolute atomic E-state index is 12.4. The average Bonchev–Trinajstić information content (AvgIpc) is 3.04. The minimum absolute atomic E-state index is 0.260. The number of hydrogen-bond acceptors (Lipinski definition) is 4. The molecule has 144 valence electrons. The van der Waals surface area contributed by atoms with Crippen molar-refractivity contribution in [3.63, 3.8) is 0 Å². The van der Waals surface area contributed by atoms with Gasteiger partial charge in [0.2, 0.25) is 0 Å². The van der Waals surface area contributed by atoms with Gasteiger partial charge in [0.1, 0.15) is 5.75 Å². The lowest BCUT2D eigenvalue weighted by Crippen LogP contribution is -2.19. The highest BCUT2D eigenvalue weighted by Crippen LogP contribution is 2.21. The molecule has 0 fully saturated rings. The summed E-state index contributed by atoms with van der Waals surface area (Å²) in [5.74, 6) is 0.243. The topological polar surface area (TPSA) is 68.5 Å². The van der Waals surface area contributed by atoms with E-state index in [1.165, 1.54) is 6.21 Å². The van der Waals surface area contributed by atoms with Crippen LogP contribution in [-0.4, -0.2) is 29.0 Å². The summed E-state index contributed by atoms with van der Waals surface area (Å²) in [6.45, 7) is 0.553. The lowest BCUT2D eigenvalue weighted by Gasteiger charge is -2.04. The summed E-state index contributed by atoms with van der Waals surface area (Å²) in [7, 11) is 1.58. The summed E-state index contributed by atoms with van der Waals surface area (Å²) in [6.07, 6.45) is 3.28. The number of hydrazone groups is 1. The van der Waals surface area contributed by atoms with E-state index in [0.717, 1.165) is 20.1 Å². The zero-order valence-electron chi connectivity index (χ0n) is 14.7. The number of hydrogen-bond donors (Lipinski definition) is 1. The van der Waals surface area contributed by atoms with Crippen LogP contribution in [0.15, 0.2) is 67.2 Å². The van der Waals surface area contributed by atoms with Crippen molar-refractivity contribution in [2.24, 2.45) is 5.10 Å². The van der Waals surface area contributed by atoms with Crippen molar-refractivity contribution in [3.05, 3.63) is 78.9 Å². The maximum Gasteiger partial charge on any atom is 0.293 e. The lowest BCUT2D eigenvalue weighted by molar-refractivity contribution is 0.0948. The number of carbonyl (C=O) groups is 1. The van der Waals surface area contributed by atoms with Crippen LogP contribution in [0.3, 0.4) is 0 Å². The van der Waals surface area contributed by atoms with E-state index in [-0.39, 0.29) is 5.69 Å². The second-order valence-corrected chi connectivity index (χ2v) is 8.42. The highest BCUT2D eigenvalue weighted by Gasteiger charge is 2.15. The van der Waals surface area contributed by atoms with Crippen molar-refractivity contribution in [3.8, 4) is 5.75 Å². The Morgan fingerprint density at radius 1 is 1.18 bits per heavy atom. The number of benzene rings is 2. The second-order valence-electron chi connectivity index (χ2n) is 5.74. The molecule has 0 saturated carbocycles. The number of halogens is 3. The first-order valence-electron chi connectivity index (χ1n) is 8.10. The fraction of sp³-hybridized carbons (Fsp3) is 0.105. The van der Waals surface area contributed by atoms with Gasteiger partial charge in [0.15, 0.2) is 5.69 Å². The molecule has 0 aliphatic carbocycles. The van der Waals surface area contributed by atoms with Gasteiger partial charge in [0, 0.05) is 20.7 Å². The van der Waals surface area contributed by atoms with Crippen molar-refractivity contribution in [2.75, 3.05) is 7.11 Å². The molecule has 1 heterocycles. The monoisotopic (exact) mass is 568 g/mol. The minimum atomic E-state index is -0.411. The van der Waals surface area contributed by atoms with Gasteiger partial charge in [-0.25, -0.2) is 5.43 Å². The summed E-state index contributed by atoms with van der Waals surface area (Å²) >= 11 is 10.2. The summed E-state index contributed by atoms with van der Waals surface area (Å²) in [6, 6.07) is 13.4. The van der Waals surface area contributed by atoms with E-state index in [9.17, 15) is 4.79 Å². The van der Waals surface area contributed by atoms with Gasteiger partial charge in [-0.15, -0.1) is 0 Å². The SMILES string of the molecule is COc1ccc(Br)cc1/C=N\NC(=O)c1nn(Cc2ccc(Br)cc2)cc1Br. The maximum atomic E-state index is 12.4. The van der Waals surface area contributed by atoms with Crippen molar-refractivity contribution >= 4 is 59.9 Å². The number of methoxy groups -OCH3 is 1. The smallest absolute Gasteiger partial charge is 0.293 e. The molecule has 0 saturated heterocycles. The fourth-order valence-electron chi connectivity index (χ4n) is 2.43. The van der Waals surface area contributed by atoms with Crippen molar-refractivity contribution < 1.29 is 9.53 Å². The van der Waals surface area contributed by atoms with Crippen LogP contribution in [-0.2, 0) is 6.54 Å². The van der Waals surface area contributed by atoms with E-state index in [2.05, 4.69) is 63.4 Å². The Hall–Kier alpha value is -1.97. The molecule has 0 unspecified atom stereocenters. The lowest BCUT2D eigenvalue weighted by atomic mass is 10.2. The van der Waals surface area contributed by atoms with Crippen LogP contribution in [0, 0.1) is 0 Å². The number of amides is 1. The van der Waals surface area contributed by atoms with E-state index in [4.69, 9.17) is 4.74 Å². The molecule has 0 atom stereocenters. The zero-order valence-corrected chi connectivity index (χ0v) is 19.5. The first kappa shape index (κ1) is 20.8. The Morgan fingerprint density at radius 2 is 1.89 bits per heavy atom. The molecular weight excluding hydrogens is 556 g/mol. The molecule has 9 heteroatoms. The second kappa shape index (κ2) is 9.49. The first-order chi connectivity index (χ1) is 13.5. The van der Waals surface area contributed by atoms with Gasteiger partial charge in [-0.05, 0) is 51.8 Å². The van der Waals surface area contributed by atoms with Gasteiger partial charge in [0.25, 0.3) is 5.91 Å². The van der Waals surface area contributed by atoms with Crippen molar-refractivity contribution in [1.82, 2.24) is 15.2 Å². The van der Waals surface area contributed by atoms with E-state index >= 15 is 0 Å². The quantitative estimate of drug-likeness (QED) is 0.335. The van der Waals surface area contributed by atoms with E-state index < -0.39 is 5.91 Å². The predicted molar refractivity (Wildman–Crippen MR) is 119 cm³/mol. The molecule has 28 heavy (non-hydrogen) atoms. The van der Waals surface area contributed by atoms with E-state index in [1.54, 1.807) is 18.0 Å². The Kier molecular flexibility index (Phi) is 7.03. The number of ether oxygens (including phenoxy) is 1. The normalized spacial score (nSPS) is 11.0. The fourth-order valence-corrected chi connectivity index (χ4v) is 3.57. The molecule has 1 N–H and O–H groups in total. The van der Waals surface area contributed by atoms with Gasteiger partial charge in [-0.1, -0.05) is 44.0 Å². The summed E-state index contributed by atoms with van der Waals surface area (Å²) in [5.41, 5.74) is 4.56. The molecule has 2 aromatic carbocycles. The standard InChI is InChI=1S/C19H15Br3N4O2/c1-28-17-7-6-15(21)8-13(17)9-23-24-19(27)18-16(22)11-26(25-18)10-12-2-4-14(20)5-3-12/h2-9,11H,10H2,1H3,(H,24,27)/b23-9-. The van der Waals surface area contributed by atoms with E-state index in [1.807, 2.05) is 42.5 Å². The van der Waals surface area contributed by atoms with Crippen LogP contribution in [0.5, 0.6) is 5.75 Å². The molecular formula is C19H15Br3N4O2. The molecule has 3 aromatic rings. The Labute approximate surface area is 187 Å². The molecule has 6 nitrogen and oxygen atoms in total. The summed E-state index contributed by atoms with van der Waals surface area (Å²) < 4.78 is 9.47. The van der Waals surface area contributed by atoms with Crippen LogP contribution < -0.4 is 10.2 Å². The van der Waals surface area contributed by atoms with Gasteiger partial charge in [0.05, 0.1) is 24.3 Å². The molecule has 3 rings (SSSR count). The van der Waals surface area contributed by atoms with Crippen molar-refractivity contribution in [1.29, 1.82) is 0 Å². The molecule has 0 bridgehead atoms. The first-order valence-corrected chi connectivity index (χ1v) is 10.5. The van der Waals surface area contributed by atoms with Crippen LogP contribution in [0.2, 0.25) is 0 Å². The van der Waals surface area contributed by atoms with Crippen LogP contribution >= 0.6 is 47.8 Å². The molecule has 0 aliphatic rings. The Bertz CT molecular complexity index is 1020. The largest absolute Gasteiger partial charge is 0.496 e. The van der Waals surface area contributed by atoms with Crippen molar-refractivity contribution in [2.45, 2.75) is 6.54 Å². The molecule has 0 aliphatic heterocycles. The number of aromatic nitrogens is 2. The summed E-state index contributed by atoms with van der Waals surface area (Å²) in [5, 5.41) is 8.35. The van der Waals surface area contributed by atoms with Gasteiger partial charge < -0.3 is 4.74 Å². The van der Waals surface area contributed by atoms with Crippen LogP contribution in [0.1, 0.15) is 21.6 Å². The summed E-state index contributed by atoms with van der Waals surface area (Å²) in [4.78, 5) is 12.4. The third kappa shape index (κ3) is 5.30. The molecule has 1 aromatic heterocycles. The van der Waals surface area contributed by atoms with Crippen LogP contribution in [0.4, 0.5) is 0 Å². The van der Waals surface area contributed by atoms with Gasteiger partial charge >= 0.3 is 0 Å². The molecule has 1 amide bonds. The zero-order chi connectivity index (χ0) is 20.1. The number of nitrogens with one attached hydrogen (secondary N) is 1. The third-order valence-electron chi connectivity index (χ3n) is 3.75. The Balaban J connectivity index is 1.68. The minimum Gasteiger partial charge on any atom is -0.496 e. The third-order valence-corrected chi connectivity index (χ3v) is 5.35. The average molecular weight is 571 g/mol. The van der Waals surface area contributed by atoms with Gasteiger partial charge in [-0.2, -0.15) is 10.2 Å². The van der Waals surface area contributed by atoms with Gasteiger partial charge in [-0.3, -0.25) is 9.48 Å². The van der Waals surface area contributed by atoms with E-state index in [0.29, 0.717) is 16.8 Å². The Morgan fingerprint density at radius 3 is 2.61 bits per heavy atom. The number of nitrogens with zero attached hydrogens (tertiary/aromatic N) is 3. The highest BCUT2D eigenvalue weighted by atomic mass is 79.9. The number of rotatable bonds is 6. The number of carbonyl (C=O) groups excluding carboxylic acids is 1. The highest BCUT2D eigenvalue weighted by molar-refractivity contribution is 9.11. The molecule has 0 spiro atoms.